The van der Waals surface area contributed by atoms with Gasteiger partial charge in [0.25, 0.3) is 0 Å². The molecule has 1 aromatic carbocycles. The molecule has 1 aromatic rings. The van der Waals surface area contributed by atoms with Crippen LogP contribution in [-0.4, -0.2) is 48.9 Å². The molecule has 0 saturated carbocycles. The molecule has 0 spiro atoms. The van der Waals surface area contributed by atoms with Crippen molar-refractivity contribution in [2.75, 3.05) is 32.7 Å². The van der Waals surface area contributed by atoms with E-state index in [0.29, 0.717) is 19.5 Å². The molecule has 5 heteroatoms. The van der Waals surface area contributed by atoms with Crippen LogP contribution in [0, 0.1) is 19.8 Å². The molecule has 1 saturated heterocycles. The number of carbonyl (C=O) groups is 2. The van der Waals surface area contributed by atoms with E-state index in [4.69, 9.17) is 0 Å². The van der Waals surface area contributed by atoms with Crippen LogP contribution in [0.4, 0.5) is 0 Å². The minimum absolute atomic E-state index is 0. The Morgan fingerprint density at radius 1 is 1.19 bits per heavy atom. The van der Waals surface area contributed by atoms with Gasteiger partial charge < -0.3 is 9.80 Å². The number of quaternary nitrogens is 1. The van der Waals surface area contributed by atoms with Crippen LogP contribution < -0.4 is 5.32 Å². The monoisotopic (exact) mass is 434 g/mol. The van der Waals surface area contributed by atoms with Crippen LogP contribution in [0.1, 0.15) is 43.4 Å². The van der Waals surface area contributed by atoms with E-state index in [1.807, 2.05) is 13.0 Å². The molecular formula is C21H33N2O2Y+. The topological polar surface area (TPSA) is 46.2 Å². The number of rotatable bonds is 7. The van der Waals surface area contributed by atoms with E-state index < -0.39 is 0 Å². The van der Waals surface area contributed by atoms with Crippen molar-refractivity contribution in [2.45, 2.75) is 47.0 Å². The molecule has 1 heterocycles. The first-order valence-electron chi connectivity index (χ1n) is 9.60. The Bertz CT molecular complexity index is 612. The summed E-state index contributed by atoms with van der Waals surface area (Å²) in [4.78, 5) is 25.1. The van der Waals surface area contributed by atoms with Gasteiger partial charge in [-0.15, -0.1) is 0 Å². The minimum Gasteiger partial charge on any atom is -0.356 e. The Hall–Kier alpha value is -0.576. The Morgan fingerprint density at radius 3 is 2.42 bits per heavy atom. The molecule has 2 atom stereocenters. The summed E-state index contributed by atoms with van der Waals surface area (Å²) < 4.78 is 0.756. The second-order valence-electron chi connectivity index (χ2n) is 7.54. The molecular weight excluding hydrogens is 401 g/mol. The molecule has 1 fully saturated rings. The van der Waals surface area contributed by atoms with Crippen molar-refractivity contribution in [3.63, 3.8) is 0 Å². The number of benzene rings is 1. The van der Waals surface area contributed by atoms with Crippen LogP contribution >= 0.6 is 0 Å². The third-order valence-corrected chi connectivity index (χ3v) is 5.72. The Labute approximate surface area is 183 Å². The smallest absolute Gasteiger partial charge is 0.228 e. The van der Waals surface area contributed by atoms with Gasteiger partial charge in [-0.3, -0.25) is 9.59 Å². The van der Waals surface area contributed by atoms with Gasteiger partial charge >= 0.3 is 0 Å². The van der Waals surface area contributed by atoms with Gasteiger partial charge in [-0.05, 0) is 57.2 Å². The first-order valence-corrected chi connectivity index (χ1v) is 9.60. The molecule has 2 rings (SSSR count). The summed E-state index contributed by atoms with van der Waals surface area (Å²) in [7, 11) is 0. The van der Waals surface area contributed by atoms with Crippen LogP contribution in [0.5, 0.6) is 0 Å². The molecule has 2 unspecified atom stereocenters. The zero-order valence-electron chi connectivity index (χ0n) is 16.8. The summed E-state index contributed by atoms with van der Waals surface area (Å²) >= 11 is 0. The maximum absolute atomic E-state index is 12.8. The van der Waals surface area contributed by atoms with E-state index in [1.54, 1.807) is 0 Å². The molecule has 4 nitrogen and oxygen atoms in total. The first-order chi connectivity index (χ1) is 11.9. The molecule has 1 amide bonds. The molecule has 1 aliphatic heterocycles. The maximum Gasteiger partial charge on any atom is 0.228 e. The summed E-state index contributed by atoms with van der Waals surface area (Å²) in [6.45, 7) is 12.2. The van der Waals surface area contributed by atoms with E-state index >= 15 is 0 Å². The molecule has 0 bridgehead atoms. The van der Waals surface area contributed by atoms with Gasteiger partial charge in [0.1, 0.15) is 6.54 Å². The Balaban J connectivity index is 0.00000338. The Kier molecular flexibility index (Phi) is 9.64. The molecule has 141 valence electrons. The molecule has 1 N–H and O–H groups in total. The molecule has 0 aliphatic carbocycles. The largest absolute Gasteiger partial charge is 0.356 e. The van der Waals surface area contributed by atoms with Gasteiger partial charge in [-0.25, -0.2) is 0 Å². The number of likely N-dealkylation sites (N-methyl/N-ethyl adjacent to an activating group) is 1. The van der Waals surface area contributed by atoms with E-state index in [-0.39, 0.29) is 50.3 Å². The van der Waals surface area contributed by atoms with Crippen LogP contribution in [0.15, 0.2) is 18.2 Å². The molecule has 1 radical (unpaired) electrons. The Morgan fingerprint density at radius 2 is 1.85 bits per heavy atom. The zero-order valence-corrected chi connectivity index (χ0v) is 19.6. The van der Waals surface area contributed by atoms with Gasteiger partial charge in [-0.1, -0.05) is 18.2 Å². The fourth-order valence-corrected chi connectivity index (χ4v) is 4.15. The van der Waals surface area contributed by atoms with E-state index in [1.165, 1.54) is 16.7 Å². The number of nitrogens with zero attached hydrogens (tertiary/aromatic N) is 1. The second-order valence-corrected chi connectivity index (χ2v) is 7.54. The fraction of sp³-hybridized carbons (Fsp3) is 0.619. The predicted molar refractivity (Wildman–Crippen MR) is 101 cm³/mol. The van der Waals surface area contributed by atoms with Crippen molar-refractivity contribution >= 4 is 11.7 Å². The molecule has 0 aromatic heterocycles. The number of amides is 1. The number of piperidine rings is 1. The number of hydrogen-bond acceptors (Lipinski definition) is 2. The average Bonchev–Trinajstić information content (AvgIpc) is 2.58. The van der Waals surface area contributed by atoms with Crippen LogP contribution in [0.25, 0.3) is 0 Å². The summed E-state index contributed by atoms with van der Waals surface area (Å²) in [5, 5.41) is 2.95. The van der Waals surface area contributed by atoms with E-state index in [2.05, 4.69) is 38.2 Å². The van der Waals surface area contributed by atoms with Gasteiger partial charge in [-0.2, -0.15) is 0 Å². The SMILES string of the molecule is CCNC(=O)C1CCC[N+](CC)(CC(=O)Cc2c(C)cccc2C)C1.[Y]. The third-order valence-electron chi connectivity index (χ3n) is 5.72. The molecule has 1 aliphatic rings. The summed E-state index contributed by atoms with van der Waals surface area (Å²) in [6, 6.07) is 6.19. The quantitative estimate of drug-likeness (QED) is 0.671. The third kappa shape index (κ3) is 5.97. The standard InChI is InChI=1S/C21H32N2O2.Y/c1-5-22-21(25)18-11-8-12-23(6-2,14-18)15-19(24)13-20-16(3)9-7-10-17(20)4;/h7,9-10,18H,5-6,8,11-15H2,1-4H3;/p+1. The fourth-order valence-electron chi connectivity index (χ4n) is 4.15. The number of nitrogens with one attached hydrogen (secondary N) is 1. The van der Waals surface area contributed by atoms with E-state index in [0.717, 1.165) is 37.0 Å². The number of carbonyl (C=O) groups excluding carboxylic acids is 2. The summed E-state index contributed by atoms with van der Waals surface area (Å²) in [6.07, 6.45) is 2.47. The van der Waals surface area contributed by atoms with E-state index in [9.17, 15) is 9.59 Å². The van der Waals surface area contributed by atoms with Crippen molar-refractivity contribution in [3.05, 3.63) is 34.9 Å². The van der Waals surface area contributed by atoms with Gasteiger partial charge in [0.15, 0.2) is 5.78 Å². The predicted octanol–water partition coefficient (Wildman–Crippen LogP) is 2.80. The summed E-state index contributed by atoms with van der Waals surface area (Å²) in [5.41, 5.74) is 3.55. The first kappa shape index (κ1) is 23.5. The van der Waals surface area contributed by atoms with Crippen LogP contribution in [-0.2, 0) is 48.7 Å². The number of likely N-dealkylation sites (tertiary alicyclic amines) is 1. The van der Waals surface area contributed by atoms with Crippen LogP contribution in [0.2, 0.25) is 0 Å². The number of ketones is 1. The van der Waals surface area contributed by atoms with Gasteiger partial charge in [0.2, 0.25) is 5.91 Å². The van der Waals surface area contributed by atoms with Crippen LogP contribution in [0.3, 0.4) is 0 Å². The van der Waals surface area contributed by atoms with Crippen molar-refractivity contribution in [3.8, 4) is 0 Å². The molecule has 26 heavy (non-hydrogen) atoms. The average molecular weight is 434 g/mol. The number of hydrogen-bond donors (Lipinski definition) is 1. The number of aryl methyl sites for hydroxylation is 2. The van der Waals surface area contributed by atoms with Crippen molar-refractivity contribution in [1.82, 2.24) is 5.32 Å². The normalized spacial score (nSPS) is 22.4. The van der Waals surface area contributed by atoms with Gasteiger partial charge in [0.05, 0.1) is 25.6 Å². The van der Waals surface area contributed by atoms with Crippen molar-refractivity contribution in [1.29, 1.82) is 0 Å². The van der Waals surface area contributed by atoms with Crippen molar-refractivity contribution < 1.29 is 46.8 Å². The van der Waals surface area contributed by atoms with Crippen molar-refractivity contribution in [2.24, 2.45) is 5.92 Å². The number of Topliss-reactive ketones (excluding diaryl/α,β-unsaturated/α-hetero) is 1. The zero-order chi connectivity index (χ0) is 18.4. The van der Waals surface area contributed by atoms with Gasteiger partial charge in [0, 0.05) is 45.7 Å². The second kappa shape index (κ2) is 10.7. The maximum atomic E-state index is 12.8. The summed E-state index contributed by atoms with van der Waals surface area (Å²) in [5.74, 6) is 0.484. The minimum atomic E-state index is 0.